The van der Waals surface area contributed by atoms with E-state index in [0.29, 0.717) is 11.8 Å². The van der Waals surface area contributed by atoms with Crippen LogP contribution < -0.4 is 11.1 Å². The van der Waals surface area contributed by atoms with Crippen molar-refractivity contribution in [1.82, 2.24) is 5.32 Å². The first-order valence-electron chi connectivity index (χ1n) is 8.63. The first-order chi connectivity index (χ1) is 9.60. The monoisotopic (exact) mass is 280 g/mol. The molecule has 0 aromatic carbocycles. The van der Waals surface area contributed by atoms with Crippen LogP contribution in [0.1, 0.15) is 65.2 Å². The molecule has 3 nitrogen and oxygen atoms in total. The molecule has 0 bridgehead atoms. The molecule has 3 unspecified atom stereocenters. The van der Waals surface area contributed by atoms with Gasteiger partial charge in [-0.2, -0.15) is 0 Å². The smallest absolute Gasteiger partial charge is 0.224 e. The summed E-state index contributed by atoms with van der Waals surface area (Å²) in [4.78, 5) is 12.3. The molecule has 0 aliphatic heterocycles. The molecule has 1 amide bonds. The van der Waals surface area contributed by atoms with Gasteiger partial charge in [-0.3, -0.25) is 4.79 Å². The number of hydrogen-bond acceptors (Lipinski definition) is 2. The van der Waals surface area contributed by atoms with Gasteiger partial charge >= 0.3 is 0 Å². The number of carbonyl (C=O) groups excluding carboxylic acids is 1. The van der Waals surface area contributed by atoms with Gasteiger partial charge in [0.15, 0.2) is 0 Å². The molecule has 2 saturated carbocycles. The van der Waals surface area contributed by atoms with Crippen LogP contribution in [0, 0.1) is 23.7 Å². The highest BCUT2D eigenvalue weighted by atomic mass is 16.1. The molecule has 2 rings (SSSR count). The van der Waals surface area contributed by atoms with E-state index in [9.17, 15) is 4.79 Å². The molecule has 0 aromatic heterocycles. The molecule has 20 heavy (non-hydrogen) atoms. The summed E-state index contributed by atoms with van der Waals surface area (Å²) in [5.41, 5.74) is 6.13. The van der Waals surface area contributed by atoms with Crippen molar-refractivity contribution in [2.45, 2.75) is 71.3 Å². The van der Waals surface area contributed by atoms with Crippen LogP contribution in [0.5, 0.6) is 0 Å². The molecule has 0 saturated heterocycles. The molecule has 0 radical (unpaired) electrons. The predicted molar refractivity (Wildman–Crippen MR) is 83.2 cm³/mol. The first kappa shape index (κ1) is 15.8. The summed E-state index contributed by atoms with van der Waals surface area (Å²) in [5.74, 6) is 2.52. The Morgan fingerprint density at radius 1 is 1.10 bits per heavy atom. The first-order valence-corrected chi connectivity index (χ1v) is 8.63. The fourth-order valence-corrected chi connectivity index (χ4v) is 3.93. The quantitative estimate of drug-likeness (QED) is 0.831. The minimum atomic E-state index is 0.0470. The van der Waals surface area contributed by atoms with Gasteiger partial charge in [0.05, 0.1) is 5.92 Å². The zero-order valence-corrected chi connectivity index (χ0v) is 13.2. The highest BCUT2D eigenvalue weighted by Gasteiger charge is 2.31. The van der Waals surface area contributed by atoms with Gasteiger partial charge in [0.25, 0.3) is 0 Å². The molecule has 3 atom stereocenters. The topological polar surface area (TPSA) is 55.1 Å². The second kappa shape index (κ2) is 7.44. The van der Waals surface area contributed by atoms with Crippen molar-refractivity contribution < 1.29 is 4.79 Å². The summed E-state index contributed by atoms with van der Waals surface area (Å²) in [6.45, 7) is 5.39. The third-order valence-corrected chi connectivity index (χ3v) is 5.61. The number of hydrogen-bond donors (Lipinski definition) is 2. The van der Waals surface area contributed by atoms with Crippen molar-refractivity contribution in [2.75, 3.05) is 6.54 Å². The van der Waals surface area contributed by atoms with Gasteiger partial charge in [0.2, 0.25) is 5.91 Å². The average molecular weight is 280 g/mol. The maximum absolute atomic E-state index is 12.3. The van der Waals surface area contributed by atoms with Gasteiger partial charge in [-0.15, -0.1) is 0 Å². The Bertz CT molecular complexity index is 310. The Hall–Kier alpha value is -0.570. The highest BCUT2D eigenvalue weighted by molar-refractivity contribution is 5.79. The van der Waals surface area contributed by atoms with Crippen LogP contribution in [0.2, 0.25) is 0 Å². The minimum Gasteiger partial charge on any atom is -0.356 e. The van der Waals surface area contributed by atoms with Crippen LogP contribution in [0.15, 0.2) is 0 Å². The molecule has 2 aliphatic rings. The summed E-state index contributed by atoms with van der Waals surface area (Å²) in [7, 11) is 0. The van der Waals surface area contributed by atoms with Crippen LogP contribution in [0.25, 0.3) is 0 Å². The Morgan fingerprint density at radius 3 is 2.40 bits per heavy atom. The number of nitrogens with one attached hydrogen (secondary N) is 1. The number of carbonyl (C=O) groups is 1. The van der Waals surface area contributed by atoms with Crippen LogP contribution in [-0.2, 0) is 4.79 Å². The zero-order chi connectivity index (χ0) is 14.5. The van der Waals surface area contributed by atoms with Gasteiger partial charge in [0.1, 0.15) is 0 Å². The van der Waals surface area contributed by atoms with Crippen molar-refractivity contribution in [3.05, 3.63) is 0 Å². The van der Waals surface area contributed by atoms with E-state index in [-0.39, 0.29) is 17.9 Å². The lowest BCUT2D eigenvalue weighted by Crippen LogP contribution is -2.46. The van der Waals surface area contributed by atoms with Crippen molar-refractivity contribution in [3.8, 4) is 0 Å². The minimum absolute atomic E-state index is 0.0470. The van der Waals surface area contributed by atoms with Gasteiger partial charge in [-0.1, -0.05) is 33.1 Å². The van der Waals surface area contributed by atoms with Gasteiger partial charge in [-0.25, -0.2) is 0 Å². The van der Waals surface area contributed by atoms with E-state index >= 15 is 0 Å². The normalized spacial score (nSPS) is 38.5. The fourth-order valence-electron chi connectivity index (χ4n) is 3.93. The van der Waals surface area contributed by atoms with E-state index in [1.807, 2.05) is 0 Å². The fraction of sp³-hybridized carbons (Fsp3) is 0.941. The number of rotatable bonds is 4. The van der Waals surface area contributed by atoms with Gasteiger partial charge in [-0.05, 0) is 49.9 Å². The molecule has 2 aliphatic carbocycles. The molecule has 116 valence electrons. The summed E-state index contributed by atoms with van der Waals surface area (Å²) >= 11 is 0. The Kier molecular flexibility index (Phi) is 5.88. The van der Waals surface area contributed by atoms with Crippen molar-refractivity contribution in [2.24, 2.45) is 29.4 Å². The molecule has 0 spiro atoms. The van der Waals surface area contributed by atoms with E-state index in [4.69, 9.17) is 5.73 Å². The maximum Gasteiger partial charge on any atom is 0.224 e. The van der Waals surface area contributed by atoms with Crippen molar-refractivity contribution in [1.29, 1.82) is 0 Å². The molecular formula is C17H32N2O. The number of nitrogens with two attached hydrogens (primary N) is 1. The highest BCUT2D eigenvalue weighted by Crippen LogP contribution is 2.31. The van der Waals surface area contributed by atoms with Crippen molar-refractivity contribution in [3.63, 3.8) is 0 Å². The molecular weight excluding hydrogens is 248 g/mol. The van der Waals surface area contributed by atoms with Gasteiger partial charge < -0.3 is 11.1 Å². The van der Waals surface area contributed by atoms with Crippen LogP contribution >= 0.6 is 0 Å². The Balaban J connectivity index is 1.72. The van der Waals surface area contributed by atoms with E-state index in [1.165, 1.54) is 38.5 Å². The lowest BCUT2D eigenvalue weighted by molar-refractivity contribution is -0.127. The van der Waals surface area contributed by atoms with E-state index in [2.05, 4.69) is 19.2 Å². The third kappa shape index (κ3) is 4.21. The largest absolute Gasteiger partial charge is 0.356 e. The summed E-state index contributed by atoms with van der Waals surface area (Å²) < 4.78 is 0. The standard InChI is InChI=1S/C17H32N2O/c1-3-13-5-7-14(8-6-13)11-19-17(20)15-10-12(2)4-9-16(15)18/h12-16H,3-11,18H2,1-2H3,(H,19,20). The number of amides is 1. The average Bonchev–Trinajstić information content (AvgIpc) is 2.47. The second-order valence-electron chi connectivity index (χ2n) is 7.23. The summed E-state index contributed by atoms with van der Waals surface area (Å²) in [6, 6.07) is 0.0713. The van der Waals surface area contributed by atoms with E-state index in [0.717, 1.165) is 25.3 Å². The van der Waals surface area contributed by atoms with E-state index < -0.39 is 0 Å². The molecule has 0 heterocycles. The van der Waals surface area contributed by atoms with E-state index in [1.54, 1.807) is 0 Å². The summed E-state index contributed by atoms with van der Waals surface area (Å²) in [6.07, 6.45) is 9.71. The Labute approximate surface area is 124 Å². The predicted octanol–water partition coefficient (Wildman–Crippen LogP) is 3.08. The second-order valence-corrected chi connectivity index (χ2v) is 7.23. The molecule has 2 fully saturated rings. The van der Waals surface area contributed by atoms with Crippen molar-refractivity contribution >= 4 is 5.91 Å². The van der Waals surface area contributed by atoms with Crippen LogP contribution in [0.4, 0.5) is 0 Å². The summed E-state index contributed by atoms with van der Waals surface area (Å²) in [5, 5.41) is 3.19. The lowest BCUT2D eigenvalue weighted by atomic mass is 9.78. The third-order valence-electron chi connectivity index (χ3n) is 5.61. The SMILES string of the molecule is CCC1CCC(CNC(=O)C2CC(C)CCC2N)CC1. The lowest BCUT2D eigenvalue weighted by Gasteiger charge is -2.32. The Morgan fingerprint density at radius 2 is 1.75 bits per heavy atom. The maximum atomic E-state index is 12.3. The molecule has 0 aromatic rings. The molecule has 3 N–H and O–H groups in total. The van der Waals surface area contributed by atoms with Crippen LogP contribution in [0.3, 0.4) is 0 Å². The van der Waals surface area contributed by atoms with Gasteiger partial charge in [0, 0.05) is 12.6 Å². The van der Waals surface area contributed by atoms with Crippen LogP contribution in [-0.4, -0.2) is 18.5 Å². The zero-order valence-electron chi connectivity index (χ0n) is 13.2. The molecule has 3 heteroatoms.